The summed E-state index contributed by atoms with van der Waals surface area (Å²) >= 11 is 10.0. The molecule has 1 aliphatic heterocycles. The van der Waals surface area contributed by atoms with Crippen LogP contribution in [0.1, 0.15) is 17.7 Å². The van der Waals surface area contributed by atoms with Gasteiger partial charge in [-0.1, -0.05) is 42.2 Å². The Balaban J connectivity index is 1.58. The summed E-state index contributed by atoms with van der Waals surface area (Å²) in [7, 11) is 0. The van der Waals surface area contributed by atoms with Crippen LogP contribution in [0.2, 0.25) is 0 Å². The van der Waals surface area contributed by atoms with E-state index in [2.05, 4.69) is 18.2 Å². The van der Waals surface area contributed by atoms with Gasteiger partial charge in [0.05, 0.1) is 8.92 Å². The second kappa shape index (κ2) is 7.11. The molecule has 0 spiro atoms. The van der Waals surface area contributed by atoms with Crippen LogP contribution in [0, 0.1) is 0 Å². The summed E-state index contributed by atoms with van der Waals surface area (Å²) in [5.41, 5.74) is 0. The standard InChI is InChI=1S/C18H13NO3S4/c20-15(21)6-3-7-19-16(22)14(26-18(19)23)9-10-8-12-11-4-1-2-5-13(11)25-17(12)24-10/h1-2,4-5,8-9H,3,6-7H2,(H,20,21)/b14-9+. The first-order chi connectivity index (χ1) is 12.5. The van der Waals surface area contributed by atoms with Crippen LogP contribution in [0.4, 0.5) is 0 Å². The number of thiophene rings is 2. The molecule has 132 valence electrons. The first-order valence-electron chi connectivity index (χ1n) is 7.91. The van der Waals surface area contributed by atoms with Crippen LogP contribution in [0.3, 0.4) is 0 Å². The lowest BCUT2D eigenvalue weighted by Crippen LogP contribution is -2.29. The highest BCUT2D eigenvalue weighted by Crippen LogP contribution is 2.41. The average molecular weight is 420 g/mol. The van der Waals surface area contributed by atoms with Gasteiger partial charge in [-0.15, -0.1) is 22.7 Å². The third-order valence-corrected chi connectivity index (χ3v) is 7.75. The quantitative estimate of drug-likeness (QED) is 0.456. The fraction of sp³-hybridized carbons (Fsp3) is 0.167. The van der Waals surface area contributed by atoms with E-state index >= 15 is 0 Å². The molecule has 0 radical (unpaired) electrons. The molecule has 1 fully saturated rings. The van der Waals surface area contributed by atoms with E-state index < -0.39 is 5.97 Å². The van der Waals surface area contributed by atoms with Crippen molar-refractivity contribution in [2.75, 3.05) is 6.54 Å². The number of aliphatic carboxylic acids is 1. The van der Waals surface area contributed by atoms with Gasteiger partial charge in [0.2, 0.25) is 0 Å². The third-order valence-electron chi connectivity index (χ3n) is 4.02. The number of thiocarbonyl (C=S) groups is 1. The SMILES string of the molecule is O=C(O)CCCN1C(=O)/C(=C\c2cc3c(s2)sc2ccccc23)SC1=S. The highest BCUT2D eigenvalue weighted by atomic mass is 32.2. The minimum Gasteiger partial charge on any atom is -0.481 e. The smallest absolute Gasteiger partial charge is 0.303 e. The summed E-state index contributed by atoms with van der Waals surface area (Å²) in [4.78, 5) is 26.3. The Morgan fingerprint density at radius 1 is 1.23 bits per heavy atom. The molecule has 4 rings (SSSR count). The Morgan fingerprint density at radius 3 is 2.85 bits per heavy atom. The molecule has 26 heavy (non-hydrogen) atoms. The summed E-state index contributed by atoms with van der Waals surface area (Å²) in [6, 6.07) is 10.4. The Kier molecular flexibility index (Phi) is 4.83. The zero-order valence-corrected chi connectivity index (χ0v) is 16.7. The first kappa shape index (κ1) is 17.7. The summed E-state index contributed by atoms with van der Waals surface area (Å²) in [5.74, 6) is -0.996. The number of hydrogen-bond donors (Lipinski definition) is 1. The molecule has 1 aliphatic rings. The van der Waals surface area contributed by atoms with Gasteiger partial charge >= 0.3 is 5.97 Å². The van der Waals surface area contributed by atoms with Crippen LogP contribution in [-0.2, 0) is 9.59 Å². The monoisotopic (exact) mass is 419 g/mol. The number of amides is 1. The van der Waals surface area contributed by atoms with Crippen molar-refractivity contribution in [3.05, 3.63) is 40.1 Å². The maximum Gasteiger partial charge on any atom is 0.303 e. The first-order valence-corrected chi connectivity index (χ1v) is 10.8. The number of thioether (sulfide) groups is 1. The summed E-state index contributed by atoms with van der Waals surface area (Å²) in [5, 5.41) is 11.2. The molecule has 1 aromatic carbocycles. The van der Waals surface area contributed by atoms with E-state index in [0.717, 1.165) is 4.88 Å². The molecule has 8 heteroatoms. The highest BCUT2D eigenvalue weighted by molar-refractivity contribution is 8.26. The van der Waals surface area contributed by atoms with Crippen molar-refractivity contribution < 1.29 is 14.7 Å². The fourth-order valence-corrected chi connectivity index (χ4v) is 6.67. The fourth-order valence-electron chi connectivity index (χ4n) is 2.82. The number of nitrogens with zero attached hydrogens (tertiary/aromatic N) is 1. The average Bonchev–Trinajstić information content (AvgIpc) is 3.21. The van der Waals surface area contributed by atoms with Crippen LogP contribution < -0.4 is 0 Å². The molecule has 1 N–H and O–H groups in total. The molecule has 0 unspecified atom stereocenters. The summed E-state index contributed by atoms with van der Waals surface area (Å²) in [6.07, 6.45) is 2.32. The van der Waals surface area contributed by atoms with E-state index in [-0.39, 0.29) is 12.3 Å². The second-order valence-corrected chi connectivity index (χ2v) is 9.85. The molecule has 0 aliphatic carbocycles. The Labute approximate surface area is 167 Å². The van der Waals surface area contributed by atoms with Gasteiger partial charge < -0.3 is 5.11 Å². The Hall–Kier alpha value is -1.74. The van der Waals surface area contributed by atoms with Gasteiger partial charge in [0.15, 0.2) is 0 Å². The Bertz CT molecular complexity index is 1080. The van der Waals surface area contributed by atoms with Crippen molar-refractivity contribution in [3.8, 4) is 0 Å². The number of carbonyl (C=O) groups is 2. The van der Waals surface area contributed by atoms with Crippen molar-refractivity contribution in [3.63, 3.8) is 0 Å². The van der Waals surface area contributed by atoms with E-state index in [1.807, 2.05) is 18.2 Å². The minimum absolute atomic E-state index is 0.0321. The number of carboxylic acids is 1. The molecule has 0 bridgehead atoms. The van der Waals surface area contributed by atoms with Gasteiger partial charge in [-0.2, -0.15) is 0 Å². The van der Waals surface area contributed by atoms with Gasteiger partial charge in [-0.05, 0) is 24.6 Å². The second-order valence-electron chi connectivity index (χ2n) is 5.78. The van der Waals surface area contributed by atoms with Crippen molar-refractivity contribution >= 4 is 88.4 Å². The number of fused-ring (bicyclic) bond motifs is 3. The molecule has 2 aromatic heterocycles. The lowest BCUT2D eigenvalue weighted by Gasteiger charge is -2.13. The normalized spacial score (nSPS) is 16.5. The largest absolute Gasteiger partial charge is 0.481 e. The maximum atomic E-state index is 12.6. The molecule has 0 atom stereocenters. The molecule has 0 saturated carbocycles. The molecule has 3 aromatic rings. The maximum absolute atomic E-state index is 12.6. The lowest BCUT2D eigenvalue weighted by molar-refractivity contribution is -0.137. The van der Waals surface area contributed by atoms with E-state index in [1.54, 1.807) is 22.7 Å². The molecular formula is C18H13NO3S4. The van der Waals surface area contributed by atoms with E-state index in [1.165, 1.54) is 36.1 Å². The van der Waals surface area contributed by atoms with E-state index in [0.29, 0.717) is 22.2 Å². The number of carbonyl (C=O) groups excluding carboxylic acids is 1. The molecule has 4 nitrogen and oxygen atoms in total. The van der Waals surface area contributed by atoms with Crippen LogP contribution in [-0.4, -0.2) is 32.7 Å². The summed E-state index contributed by atoms with van der Waals surface area (Å²) < 4.78 is 3.01. The zero-order chi connectivity index (χ0) is 18.3. The number of rotatable bonds is 5. The van der Waals surface area contributed by atoms with E-state index in [4.69, 9.17) is 17.3 Å². The molecule has 3 heterocycles. The van der Waals surface area contributed by atoms with Crippen molar-refractivity contribution in [2.45, 2.75) is 12.8 Å². The van der Waals surface area contributed by atoms with Gasteiger partial charge in [0.1, 0.15) is 4.32 Å². The van der Waals surface area contributed by atoms with Crippen LogP contribution in [0.25, 0.3) is 25.6 Å². The van der Waals surface area contributed by atoms with Crippen LogP contribution in [0.15, 0.2) is 35.2 Å². The van der Waals surface area contributed by atoms with Gasteiger partial charge in [0, 0.05) is 33.3 Å². The topological polar surface area (TPSA) is 57.6 Å². The predicted molar refractivity (Wildman–Crippen MR) is 114 cm³/mol. The highest BCUT2D eigenvalue weighted by Gasteiger charge is 2.31. The van der Waals surface area contributed by atoms with E-state index in [9.17, 15) is 9.59 Å². The van der Waals surface area contributed by atoms with Crippen LogP contribution in [0.5, 0.6) is 0 Å². The number of carboxylic acid groups (broad SMARTS) is 1. The molecule has 1 amide bonds. The van der Waals surface area contributed by atoms with Crippen LogP contribution >= 0.6 is 46.7 Å². The van der Waals surface area contributed by atoms with Crippen molar-refractivity contribution in [1.29, 1.82) is 0 Å². The van der Waals surface area contributed by atoms with Gasteiger partial charge in [-0.25, -0.2) is 0 Å². The molecule has 1 saturated heterocycles. The van der Waals surface area contributed by atoms with Gasteiger partial charge in [-0.3, -0.25) is 14.5 Å². The number of hydrogen-bond acceptors (Lipinski definition) is 6. The number of benzene rings is 1. The lowest BCUT2D eigenvalue weighted by atomic mass is 10.2. The predicted octanol–water partition coefficient (Wildman–Crippen LogP) is 5.18. The Morgan fingerprint density at radius 2 is 2.04 bits per heavy atom. The third kappa shape index (κ3) is 3.29. The summed E-state index contributed by atoms with van der Waals surface area (Å²) in [6.45, 7) is 0.346. The zero-order valence-electron chi connectivity index (χ0n) is 13.4. The molecular weight excluding hydrogens is 406 g/mol. The van der Waals surface area contributed by atoms with Crippen molar-refractivity contribution in [1.82, 2.24) is 4.90 Å². The van der Waals surface area contributed by atoms with Gasteiger partial charge in [0.25, 0.3) is 5.91 Å². The van der Waals surface area contributed by atoms with Crippen molar-refractivity contribution in [2.24, 2.45) is 0 Å². The minimum atomic E-state index is -0.864.